The number of rotatable bonds is 6. The zero-order chi connectivity index (χ0) is 14.8. The Kier molecular flexibility index (Phi) is 4.68. The number of carbonyl (C=O) groups is 1. The van der Waals surface area contributed by atoms with E-state index in [2.05, 4.69) is 52.4 Å². The molecule has 0 bridgehead atoms. The van der Waals surface area contributed by atoms with Crippen LogP contribution < -0.4 is 5.32 Å². The summed E-state index contributed by atoms with van der Waals surface area (Å²) in [5, 5.41) is 4.20. The summed E-state index contributed by atoms with van der Waals surface area (Å²) in [5.41, 5.74) is 2.89. The van der Waals surface area contributed by atoms with E-state index in [-0.39, 0.29) is 11.8 Å². The minimum atomic E-state index is 0.238. The fraction of sp³-hybridized carbons (Fsp3) is 0.611. The van der Waals surface area contributed by atoms with E-state index in [9.17, 15) is 4.79 Å². The summed E-state index contributed by atoms with van der Waals surface area (Å²) in [5.74, 6) is 2.31. The number of hydrogen-bond donors (Lipinski definition) is 1. The van der Waals surface area contributed by atoms with Gasteiger partial charge in [-0.1, -0.05) is 47.1 Å². The average Bonchev–Trinajstić information content (AvgIpc) is 3.26. The molecule has 0 spiro atoms. The number of fused-ring (bicyclic) bond motifs is 3. The average molecular weight is 350 g/mol. The minimum absolute atomic E-state index is 0.238. The van der Waals surface area contributed by atoms with Gasteiger partial charge in [0.2, 0.25) is 5.91 Å². The number of carbonyl (C=O) groups excluding carboxylic acids is 1. The van der Waals surface area contributed by atoms with Gasteiger partial charge < -0.3 is 5.32 Å². The van der Waals surface area contributed by atoms with Crippen LogP contribution in [0.5, 0.6) is 0 Å². The summed E-state index contributed by atoms with van der Waals surface area (Å²) in [7, 11) is 0. The largest absolute Gasteiger partial charge is 0.356 e. The Morgan fingerprint density at radius 1 is 1.43 bits per heavy atom. The predicted octanol–water partition coefficient (Wildman–Crippen LogP) is 3.89. The number of halogens is 1. The smallest absolute Gasteiger partial charge is 0.224 e. The lowest BCUT2D eigenvalue weighted by Crippen LogP contribution is -2.27. The Morgan fingerprint density at radius 3 is 3.05 bits per heavy atom. The summed E-state index contributed by atoms with van der Waals surface area (Å²) in [6, 6.07) is 8.66. The van der Waals surface area contributed by atoms with Gasteiger partial charge in [0.1, 0.15) is 0 Å². The number of hydrogen-bond acceptors (Lipinski definition) is 1. The SMILES string of the molecule is CC(CBr)CCCNC(=O)C1C2CCc3ccccc3C21. The molecule has 1 N–H and O–H groups in total. The lowest BCUT2D eigenvalue weighted by Gasteiger charge is -2.13. The van der Waals surface area contributed by atoms with Gasteiger partial charge >= 0.3 is 0 Å². The van der Waals surface area contributed by atoms with Crippen LogP contribution in [0.2, 0.25) is 0 Å². The molecule has 4 atom stereocenters. The molecule has 3 rings (SSSR count). The summed E-state index contributed by atoms with van der Waals surface area (Å²) in [6.07, 6.45) is 4.58. The number of benzene rings is 1. The van der Waals surface area contributed by atoms with Gasteiger partial charge in [-0.3, -0.25) is 4.79 Å². The van der Waals surface area contributed by atoms with Crippen LogP contribution in [0.15, 0.2) is 24.3 Å². The van der Waals surface area contributed by atoms with Crippen LogP contribution in [0.4, 0.5) is 0 Å². The van der Waals surface area contributed by atoms with Gasteiger partial charge in [0.25, 0.3) is 0 Å². The van der Waals surface area contributed by atoms with E-state index in [0.29, 0.717) is 17.8 Å². The van der Waals surface area contributed by atoms with Gasteiger partial charge in [-0.15, -0.1) is 0 Å². The molecule has 3 heteroatoms. The van der Waals surface area contributed by atoms with Gasteiger partial charge in [0, 0.05) is 17.8 Å². The predicted molar refractivity (Wildman–Crippen MR) is 89.7 cm³/mol. The quantitative estimate of drug-likeness (QED) is 0.612. The summed E-state index contributed by atoms with van der Waals surface area (Å²) in [4.78, 5) is 12.4. The number of aryl methyl sites for hydroxylation is 1. The molecule has 0 heterocycles. The molecule has 2 nitrogen and oxygen atoms in total. The van der Waals surface area contributed by atoms with Crippen LogP contribution in [-0.2, 0) is 11.2 Å². The molecule has 1 aromatic rings. The van der Waals surface area contributed by atoms with Crippen molar-refractivity contribution in [3.63, 3.8) is 0 Å². The second-order valence-corrected chi connectivity index (χ2v) is 7.29. The van der Waals surface area contributed by atoms with Crippen LogP contribution in [0.3, 0.4) is 0 Å². The highest BCUT2D eigenvalue weighted by atomic mass is 79.9. The Balaban J connectivity index is 1.50. The van der Waals surface area contributed by atoms with E-state index < -0.39 is 0 Å². The first kappa shape index (κ1) is 15.1. The van der Waals surface area contributed by atoms with Crippen molar-refractivity contribution >= 4 is 21.8 Å². The highest BCUT2D eigenvalue weighted by Crippen LogP contribution is 2.59. The maximum absolute atomic E-state index is 12.4. The maximum Gasteiger partial charge on any atom is 0.224 e. The molecule has 0 radical (unpaired) electrons. The Hall–Kier alpha value is -0.830. The van der Waals surface area contributed by atoms with Crippen molar-refractivity contribution in [2.75, 3.05) is 11.9 Å². The van der Waals surface area contributed by atoms with Crippen molar-refractivity contribution < 1.29 is 4.79 Å². The van der Waals surface area contributed by atoms with Crippen LogP contribution in [0.1, 0.15) is 43.2 Å². The Labute approximate surface area is 135 Å². The second kappa shape index (κ2) is 6.51. The third kappa shape index (κ3) is 3.18. The van der Waals surface area contributed by atoms with E-state index >= 15 is 0 Å². The maximum atomic E-state index is 12.4. The highest BCUT2D eigenvalue weighted by molar-refractivity contribution is 9.09. The third-order valence-electron chi connectivity index (χ3n) is 5.07. The van der Waals surface area contributed by atoms with Gasteiger partial charge in [-0.2, -0.15) is 0 Å². The fourth-order valence-electron chi connectivity index (χ4n) is 3.78. The Bertz CT molecular complexity index is 516. The van der Waals surface area contributed by atoms with Crippen LogP contribution in [0, 0.1) is 17.8 Å². The van der Waals surface area contributed by atoms with E-state index in [1.54, 1.807) is 0 Å². The third-order valence-corrected chi connectivity index (χ3v) is 6.17. The molecule has 0 saturated heterocycles. The molecule has 1 fully saturated rings. The van der Waals surface area contributed by atoms with Crippen LogP contribution >= 0.6 is 15.9 Å². The van der Waals surface area contributed by atoms with Gasteiger partial charge in [0.15, 0.2) is 0 Å². The molecular weight excluding hydrogens is 326 g/mol. The topological polar surface area (TPSA) is 29.1 Å². The standard InChI is InChI=1S/C18H24BrNO/c1-12(11-19)5-4-10-20-18(21)17-15-9-8-13-6-2-3-7-14(13)16(15)17/h2-3,6-7,12,15-17H,4-5,8-11H2,1H3,(H,20,21). The first-order valence-electron chi connectivity index (χ1n) is 8.14. The minimum Gasteiger partial charge on any atom is -0.356 e. The number of amides is 1. The van der Waals surface area contributed by atoms with Gasteiger partial charge in [-0.25, -0.2) is 0 Å². The molecular formula is C18H24BrNO. The van der Waals surface area contributed by atoms with Crippen molar-refractivity contribution in [2.24, 2.45) is 17.8 Å². The molecule has 114 valence electrons. The van der Waals surface area contributed by atoms with Crippen molar-refractivity contribution in [1.29, 1.82) is 0 Å². The zero-order valence-electron chi connectivity index (χ0n) is 12.6. The number of nitrogens with one attached hydrogen (secondary N) is 1. The summed E-state index contributed by atoms with van der Waals surface area (Å²) < 4.78 is 0. The summed E-state index contributed by atoms with van der Waals surface area (Å²) >= 11 is 3.50. The fourth-order valence-corrected chi connectivity index (χ4v) is 4.10. The first-order valence-corrected chi connectivity index (χ1v) is 9.26. The molecule has 2 aliphatic carbocycles. The molecule has 1 amide bonds. The van der Waals surface area contributed by atoms with Crippen molar-refractivity contribution in [2.45, 2.75) is 38.5 Å². The van der Waals surface area contributed by atoms with Crippen molar-refractivity contribution in [1.82, 2.24) is 5.32 Å². The Morgan fingerprint density at radius 2 is 2.24 bits per heavy atom. The zero-order valence-corrected chi connectivity index (χ0v) is 14.2. The van der Waals surface area contributed by atoms with E-state index in [0.717, 1.165) is 24.7 Å². The van der Waals surface area contributed by atoms with Crippen LogP contribution in [-0.4, -0.2) is 17.8 Å². The number of alkyl halides is 1. The van der Waals surface area contributed by atoms with Crippen molar-refractivity contribution in [3.8, 4) is 0 Å². The normalized spacial score (nSPS) is 27.4. The second-order valence-electron chi connectivity index (χ2n) is 6.65. The van der Waals surface area contributed by atoms with E-state index in [4.69, 9.17) is 0 Å². The molecule has 21 heavy (non-hydrogen) atoms. The first-order chi connectivity index (χ1) is 10.2. The molecule has 0 aromatic heterocycles. The van der Waals surface area contributed by atoms with Crippen LogP contribution in [0.25, 0.3) is 0 Å². The summed E-state index contributed by atoms with van der Waals surface area (Å²) in [6.45, 7) is 3.07. The van der Waals surface area contributed by atoms with Gasteiger partial charge in [0.05, 0.1) is 0 Å². The molecule has 4 unspecified atom stereocenters. The van der Waals surface area contributed by atoms with Crippen molar-refractivity contribution in [3.05, 3.63) is 35.4 Å². The molecule has 2 aliphatic rings. The molecule has 1 saturated carbocycles. The van der Waals surface area contributed by atoms with E-state index in [1.807, 2.05) is 0 Å². The van der Waals surface area contributed by atoms with E-state index in [1.165, 1.54) is 24.0 Å². The highest BCUT2D eigenvalue weighted by Gasteiger charge is 2.56. The van der Waals surface area contributed by atoms with Gasteiger partial charge in [-0.05, 0) is 54.6 Å². The molecule has 1 aromatic carbocycles. The lowest BCUT2D eigenvalue weighted by atomic mass is 9.92. The lowest BCUT2D eigenvalue weighted by molar-refractivity contribution is -0.122. The molecule has 0 aliphatic heterocycles. The monoisotopic (exact) mass is 349 g/mol.